The zero-order valence-electron chi connectivity index (χ0n) is 26.5. The van der Waals surface area contributed by atoms with E-state index >= 15 is 0 Å². The van der Waals surface area contributed by atoms with Crippen molar-refractivity contribution in [1.29, 1.82) is 0 Å². The Hall–Kier alpha value is -6.23. The standard InChI is InChI=1S/C32H25N7O11S3/c33-23-6-9-25(21-12-19(51(42,43)44)14-28(40)31(21)23)38-36-17-3-1-16(2-4-17)35-27-8-5-18(11-30(27)53(48,49)50)37-39-26-10-7-24(34)32-22(26)13-20(15-29(32)41)52(45,46)47/h1-15,35,40-41H,33-34H2,(H,42,43,44)(H,45,46,47)(H,48,49,50). The molecular weight excluding hydrogens is 755 g/mol. The summed E-state index contributed by atoms with van der Waals surface area (Å²) in [6.45, 7) is 0. The fourth-order valence-corrected chi connectivity index (χ4v) is 6.97. The number of nitrogens with one attached hydrogen (secondary N) is 1. The average Bonchev–Trinajstić information content (AvgIpc) is 3.07. The molecule has 0 saturated carbocycles. The maximum atomic E-state index is 12.4. The molecule has 0 aliphatic carbocycles. The van der Waals surface area contributed by atoms with E-state index < -0.39 is 56.5 Å². The second-order valence-corrected chi connectivity index (χ2v) is 15.5. The topological polar surface area (TPSA) is 317 Å². The van der Waals surface area contributed by atoms with Crippen LogP contribution in [0.4, 0.5) is 45.5 Å². The summed E-state index contributed by atoms with van der Waals surface area (Å²) in [6, 6.07) is 19.1. The zero-order chi connectivity index (χ0) is 38.5. The van der Waals surface area contributed by atoms with Crippen molar-refractivity contribution in [2.45, 2.75) is 14.7 Å². The van der Waals surface area contributed by atoms with Gasteiger partial charge in [0.15, 0.2) is 0 Å². The number of nitrogens with zero attached hydrogens (tertiary/aromatic N) is 4. The fraction of sp³-hybridized carbons (Fsp3) is 0. The predicted octanol–water partition coefficient (Wildman–Crippen LogP) is 6.88. The van der Waals surface area contributed by atoms with Gasteiger partial charge in [0.25, 0.3) is 30.4 Å². The molecule has 53 heavy (non-hydrogen) atoms. The van der Waals surface area contributed by atoms with Crippen molar-refractivity contribution in [2.24, 2.45) is 20.5 Å². The Morgan fingerprint density at radius 1 is 0.509 bits per heavy atom. The van der Waals surface area contributed by atoms with Crippen molar-refractivity contribution in [3.63, 3.8) is 0 Å². The van der Waals surface area contributed by atoms with Crippen LogP contribution in [0.25, 0.3) is 21.5 Å². The van der Waals surface area contributed by atoms with E-state index in [1.165, 1.54) is 60.7 Å². The average molecular weight is 780 g/mol. The summed E-state index contributed by atoms with van der Waals surface area (Å²) >= 11 is 0. The van der Waals surface area contributed by atoms with E-state index in [0.29, 0.717) is 11.4 Å². The minimum absolute atomic E-state index is 0.00780. The highest BCUT2D eigenvalue weighted by molar-refractivity contribution is 7.86. The molecule has 0 aromatic heterocycles. The van der Waals surface area contributed by atoms with E-state index in [9.17, 15) is 49.1 Å². The molecule has 0 bridgehead atoms. The van der Waals surface area contributed by atoms with E-state index in [2.05, 4.69) is 25.8 Å². The van der Waals surface area contributed by atoms with Crippen molar-refractivity contribution >= 4 is 97.4 Å². The largest absolute Gasteiger partial charge is 0.507 e. The number of fused-ring (bicyclic) bond motifs is 2. The number of aromatic hydroxyl groups is 2. The van der Waals surface area contributed by atoms with Gasteiger partial charge < -0.3 is 27.0 Å². The molecule has 21 heteroatoms. The lowest BCUT2D eigenvalue weighted by atomic mass is 10.1. The summed E-state index contributed by atoms with van der Waals surface area (Å²) in [4.78, 5) is -1.78. The highest BCUT2D eigenvalue weighted by atomic mass is 32.2. The third-order valence-electron chi connectivity index (χ3n) is 7.68. The summed E-state index contributed by atoms with van der Waals surface area (Å²) in [5.74, 6) is -1.03. The van der Waals surface area contributed by atoms with Crippen molar-refractivity contribution < 1.29 is 49.1 Å². The summed E-state index contributed by atoms with van der Waals surface area (Å²) in [6.07, 6.45) is 0. The molecule has 0 spiro atoms. The van der Waals surface area contributed by atoms with Crippen molar-refractivity contribution in [3.05, 3.63) is 91.0 Å². The van der Waals surface area contributed by atoms with Crippen LogP contribution >= 0.6 is 0 Å². The lowest BCUT2D eigenvalue weighted by molar-refractivity contribution is 0.470. The lowest BCUT2D eigenvalue weighted by Gasteiger charge is -2.11. The number of phenolic OH excluding ortho intramolecular Hbond substituents is 2. The fourth-order valence-electron chi connectivity index (χ4n) is 5.25. The van der Waals surface area contributed by atoms with Crippen LogP contribution in [-0.2, 0) is 30.4 Å². The molecule has 272 valence electrons. The van der Waals surface area contributed by atoms with Gasteiger partial charge in [0, 0.05) is 50.7 Å². The van der Waals surface area contributed by atoms with Crippen LogP contribution in [0, 0.1) is 0 Å². The normalized spacial score (nSPS) is 12.7. The summed E-state index contributed by atoms with van der Waals surface area (Å²) in [5.41, 5.74) is 12.8. The van der Waals surface area contributed by atoms with Crippen molar-refractivity contribution in [3.8, 4) is 11.5 Å². The van der Waals surface area contributed by atoms with E-state index in [4.69, 9.17) is 11.5 Å². The predicted molar refractivity (Wildman–Crippen MR) is 194 cm³/mol. The first-order chi connectivity index (χ1) is 24.8. The molecular formula is C32H25N7O11S3. The Morgan fingerprint density at radius 2 is 0.962 bits per heavy atom. The Labute approximate surface area is 300 Å². The maximum Gasteiger partial charge on any atom is 0.296 e. The van der Waals surface area contributed by atoms with Crippen LogP contribution in [0.15, 0.2) is 126 Å². The first kappa shape index (κ1) is 36.6. The molecule has 0 saturated heterocycles. The third kappa shape index (κ3) is 7.69. The molecule has 0 fully saturated rings. The first-order valence-corrected chi connectivity index (χ1v) is 19.0. The number of hydrogen-bond donors (Lipinski definition) is 8. The highest BCUT2D eigenvalue weighted by Gasteiger charge is 2.20. The monoisotopic (exact) mass is 779 g/mol. The minimum atomic E-state index is -4.83. The molecule has 0 amide bonds. The Kier molecular flexibility index (Phi) is 9.24. The molecule has 10 N–H and O–H groups in total. The van der Waals surface area contributed by atoms with Gasteiger partial charge in [0.2, 0.25) is 0 Å². The molecule has 0 radical (unpaired) electrons. The second kappa shape index (κ2) is 13.4. The van der Waals surface area contributed by atoms with Gasteiger partial charge in [-0.15, -0.1) is 10.2 Å². The molecule has 0 atom stereocenters. The first-order valence-electron chi connectivity index (χ1n) is 14.7. The molecule has 0 heterocycles. The van der Waals surface area contributed by atoms with Gasteiger partial charge >= 0.3 is 0 Å². The number of benzene rings is 6. The Balaban J connectivity index is 1.27. The number of anilines is 4. The van der Waals surface area contributed by atoms with Crippen LogP contribution in [0.3, 0.4) is 0 Å². The quantitative estimate of drug-likeness (QED) is 0.0421. The number of nitrogens with two attached hydrogens (primary N) is 2. The van der Waals surface area contributed by atoms with E-state index in [-0.39, 0.29) is 55.7 Å². The number of azo groups is 2. The van der Waals surface area contributed by atoms with Crippen molar-refractivity contribution in [2.75, 3.05) is 16.8 Å². The van der Waals surface area contributed by atoms with Crippen molar-refractivity contribution in [1.82, 2.24) is 0 Å². The maximum absolute atomic E-state index is 12.4. The number of hydrogen-bond acceptors (Lipinski definition) is 15. The van der Waals surface area contributed by atoms with Gasteiger partial charge in [-0.05, 0) is 78.9 Å². The summed E-state index contributed by atoms with van der Waals surface area (Å²) in [7, 11) is -14.2. The zero-order valence-corrected chi connectivity index (χ0v) is 29.0. The van der Waals surface area contributed by atoms with Gasteiger partial charge in [0.05, 0.1) is 38.2 Å². The van der Waals surface area contributed by atoms with Gasteiger partial charge in [-0.2, -0.15) is 35.5 Å². The molecule has 6 aromatic carbocycles. The minimum Gasteiger partial charge on any atom is -0.507 e. The molecule has 0 aliphatic rings. The molecule has 6 aromatic rings. The van der Waals surface area contributed by atoms with Crippen LogP contribution in [0.2, 0.25) is 0 Å². The molecule has 0 aliphatic heterocycles. The molecule has 0 unspecified atom stereocenters. The number of phenols is 2. The Bertz CT molecular complexity index is 2880. The Morgan fingerprint density at radius 3 is 1.42 bits per heavy atom. The van der Waals surface area contributed by atoms with E-state index in [0.717, 1.165) is 30.3 Å². The molecule has 6 rings (SSSR count). The van der Waals surface area contributed by atoms with Crippen LogP contribution in [-0.4, -0.2) is 49.1 Å². The third-order valence-corrected chi connectivity index (χ3v) is 10.2. The van der Waals surface area contributed by atoms with Crippen LogP contribution in [0.1, 0.15) is 0 Å². The van der Waals surface area contributed by atoms with Gasteiger partial charge in [0.1, 0.15) is 16.4 Å². The smallest absolute Gasteiger partial charge is 0.296 e. The van der Waals surface area contributed by atoms with E-state index in [1.807, 2.05) is 0 Å². The summed E-state index contributed by atoms with van der Waals surface area (Å²) in [5, 5.41) is 40.2. The number of nitrogen functional groups attached to an aromatic ring is 2. The SMILES string of the molecule is Nc1ccc(N=Nc2ccc(Nc3ccc(N=Nc4ccc(N)c5c(O)cc(S(=O)(=O)O)cc45)cc3S(=O)(=O)O)cc2)c2cc(S(=O)(=O)O)cc(O)c12. The van der Waals surface area contributed by atoms with E-state index in [1.54, 1.807) is 0 Å². The second-order valence-electron chi connectivity index (χ2n) is 11.3. The molecule has 18 nitrogen and oxygen atoms in total. The van der Waals surface area contributed by atoms with Gasteiger partial charge in [-0.1, -0.05) is 0 Å². The lowest BCUT2D eigenvalue weighted by Crippen LogP contribution is -2.03. The highest BCUT2D eigenvalue weighted by Crippen LogP contribution is 2.41. The summed E-state index contributed by atoms with van der Waals surface area (Å²) < 4.78 is 101. The van der Waals surface area contributed by atoms with Gasteiger partial charge in [-0.25, -0.2) is 0 Å². The number of rotatable bonds is 9. The van der Waals surface area contributed by atoms with Gasteiger partial charge in [-0.3, -0.25) is 13.7 Å². The van der Waals surface area contributed by atoms with Crippen LogP contribution < -0.4 is 16.8 Å². The van der Waals surface area contributed by atoms with Crippen LogP contribution in [0.5, 0.6) is 11.5 Å².